The summed E-state index contributed by atoms with van der Waals surface area (Å²) in [7, 11) is 1.69. The predicted molar refractivity (Wildman–Crippen MR) is 80.5 cm³/mol. The Morgan fingerprint density at radius 1 is 1.58 bits per heavy atom. The molecule has 0 saturated carbocycles. The molecule has 0 aliphatic rings. The predicted octanol–water partition coefficient (Wildman–Crippen LogP) is 2.10. The molecule has 0 bridgehead atoms. The maximum atomic E-state index is 11.8. The molecule has 0 aliphatic carbocycles. The molecule has 1 amide bonds. The van der Waals surface area contributed by atoms with E-state index in [0.29, 0.717) is 22.3 Å². The fourth-order valence-electron chi connectivity index (χ4n) is 1.41. The fourth-order valence-corrected chi connectivity index (χ4v) is 1.67. The minimum atomic E-state index is -0.136. The van der Waals surface area contributed by atoms with Crippen LogP contribution >= 0.6 is 23.8 Å². The maximum absolute atomic E-state index is 11.8. The molecule has 1 atom stereocenters. The van der Waals surface area contributed by atoms with Gasteiger partial charge in [-0.05, 0) is 18.2 Å². The Morgan fingerprint density at radius 3 is 2.84 bits per heavy atom. The van der Waals surface area contributed by atoms with Crippen LogP contribution in [-0.2, 0) is 4.79 Å². The first-order valence-electron chi connectivity index (χ1n) is 5.81. The van der Waals surface area contributed by atoms with Crippen LogP contribution in [0.15, 0.2) is 24.3 Å². The second kappa shape index (κ2) is 7.31. The average molecular weight is 301 g/mol. The number of amides is 1. The smallest absolute Gasteiger partial charge is 0.260 e. The highest BCUT2D eigenvalue weighted by molar-refractivity contribution is 7.80. The van der Waals surface area contributed by atoms with Crippen molar-refractivity contribution in [1.29, 1.82) is 0 Å². The zero-order valence-electron chi connectivity index (χ0n) is 10.9. The number of carbonyl (C=O) groups excluding carboxylic acids is 1. The number of benzene rings is 1. The topological polar surface area (TPSA) is 55.6 Å². The highest BCUT2D eigenvalue weighted by Gasteiger charge is 2.14. The summed E-state index contributed by atoms with van der Waals surface area (Å²) in [5.41, 5.74) is 5.51. The van der Waals surface area contributed by atoms with Crippen LogP contribution in [0.3, 0.4) is 0 Å². The standard InChI is InChI=1S/C13H17ClN2O2S/c1-9(13(15)19)7-16(2)12(17)8-18-11-5-3-4-10(14)6-11/h3-6,9H,7-8H2,1-2H3,(H2,15,19). The molecule has 2 N–H and O–H groups in total. The monoisotopic (exact) mass is 300 g/mol. The lowest BCUT2D eigenvalue weighted by Gasteiger charge is -2.21. The van der Waals surface area contributed by atoms with E-state index < -0.39 is 0 Å². The van der Waals surface area contributed by atoms with Crippen molar-refractivity contribution in [3.63, 3.8) is 0 Å². The quantitative estimate of drug-likeness (QED) is 0.818. The van der Waals surface area contributed by atoms with Crippen molar-refractivity contribution in [3.8, 4) is 5.75 Å². The Morgan fingerprint density at radius 2 is 2.26 bits per heavy atom. The number of nitrogens with two attached hydrogens (primary N) is 1. The number of likely N-dealkylation sites (N-methyl/N-ethyl adjacent to an activating group) is 1. The minimum Gasteiger partial charge on any atom is -0.484 e. The molecule has 19 heavy (non-hydrogen) atoms. The summed E-state index contributed by atoms with van der Waals surface area (Å²) in [5.74, 6) is 0.412. The highest BCUT2D eigenvalue weighted by Crippen LogP contribution is 2.17. The van der Waals surface area contributed by atoms with Crippen LogP contribution in [0.25, 0.3) is 0 Å². The molecule has 1 aromatic rings. The zero-order chi connectivity index (χ0) is 14.4. The third kappa shape index (κ3) is 5.44. The molecule has 6 heteroatoms. The molecule has 0 saturated heterocycles. The van der Waals surface area contributed by atoms with Gasteiger partial charge in [-0.1, -0.05) is 36.8 Å². The molecular weight excluding hydrogens is 284 g/mol. The molecule has 4 nitrogen and oxygen atoms in total. The normalized spacial score (nSPS) is 11.7. The summed E-state index contributed by atoms with van der Waals surface area (Å²) in [6, 6.07) is 6.91. The van der Waals surface area contributed by atoms with Gasteiger partial charge < -0.3 is 15.4 Å². The first-order valence-corrected chi connectivity index (χ1v) is 6.60. The fraction of sp³-hybridized carbons (Fsp3) is 0.385. The number of hydrogen-bond acceptors (Lipinski definition) is 3. The van der Waals surface area contributed by atoms with E-state index in [9.17, 15) is 4.79 Å². The van der Waals surface area contributed by atoms with E-state index in [4.69, 9.17) is 34.3 Å². The third-order valence-electron chi connectivity index (χ3n) is 2.62. The SMILES string of the molecule is CC(CN(C)C(=O)COc1cccc(Cl)c1)C(N)=S. The van der Waals surface area contributed by atoms with Gasteiger partial charge in [-0.15, -0.1) is 0 Å². The van der Waals surface area contributed by atoms with Crippen molar-refractivity contribution in [1.82, 2.24) is 4.90 Å². The second-order valence-electron chi connectivity index (χ2n) is 4.32. The van der Waals surface area contributed by atoms with Crippen molar-refractivity contribution < 1.29 is 9.53 Å². The van der Waals surface area contributed by atoms with E-state index in [-0.39, 0.29) is 18.4 Å². The Kier molecular flexibility index (Phi) is 6.05. The van der Waals surface area contributed by atoms with Gasteiger partial charge in [0.1, 0.15) is 5.75 Å². The van der Waals surface area contributed by atoms with Crippen LogP contribution in [0.2, 0.25) is 5.02 Å². The van der Waals surface area contributed by atoms with Gasteiger partial charge in [0.2, 0.25) is 0 Å². The number of hydrogen-bond donors (Lipinski definition) is 1. The first-order chi connectivity index (χ1) is 8.90. The van der Waals surface area contributed by atoms with Crippen molar-refractivity contribution in [2.45, 2.75) is 6.92 Å². The Hall–Kier alpha value is -1.33. The highest BCUT2D eigenvalue weighted by atomic mass is 35.5. The van der Waals surface area contributed by atoms with Gasteiger partial charge in [0, 0.05) is 24.5 Å². The molecule has 0 fully saturated rings. The van der Waals surface area contributed by atoms with Gasteiger partial charge in [-0.3, -0.25) is 4.79 Å². The molecule has 104 valence electrons. The summed E-state index contributed by atoms with van der Waals surface area (Å²) in [6.45, 7) is 2.32. The summed E-state index contributed by atoms with van der Waals surface area (Å²) in [5, 5.41) is 0.570. The number of halogens is 1. The van der Waals surface area contributed by atoms with Crippen LogP contribution in [-0.4, -0.2) is 36.0 Å². The summed E-state index contributed by atoms with van der Waals surface area (Å²) in [4.78, 5) is 13.8. The van der Waals surface area contributed by atoms with Crippen molar-refractivity contribution in [2.24, 2.45) is 11.7 Å². The molecule has 0 aromatic heterocycles. The van der Waals surface area contributed by atoms with Crippen molar-refractivity contribution >= 4 is 34.7 Å². The maximum Gasteiger partial charge on any atom is 0.260 e. The molecule has 0 radical (unpaired) electrons. The summed E-state index contributed by atoms with van der Waals surface area (Å²) < 4.78 is 5.37. The van der Waals surface area contributed by atoms with Gasteiger partial charge in [-0.2, -0.15) is 0 Å². The summed E-state index contributed by atoms with van der Waals surface area (Å²) in [6.07, 6.45) is 0. The average Bonchev–Trinajstić information content (AvgIpc) is 2.35. The lowest BCUT2D eigenvalue weighted by atomic mass is 10.2. The number of thiocarbonyl (C=S) groups is 1. The van der Waals surface area contributed by atoms with Gasteiger partial charge in [-0.25, -0.2) is 0 Å². The van der Waals surface area contributed by atoms with Crippen molar-refractivity contribution in [2.75, 3.05) is 20.2 Å². The molecule has 0 heterocycles. The van der Waals surface area contributed by atoms with Crippen LogP contribution in [0.1, 0.15) is 6.92 Å². The lowest BCUT2D eigenvalue weighted by molar-refractivity contribution is -0.132. The Labute approximate surface area is 123 Å². The largest absolute Gasteiger partial charge is 0.484 e. The van der Waals surface area contributed by atoms with E-state index in [1.807, 2.05) is 6.92 Å². The Bertz CT molecular complexity index is 468. The molecular formula is C13H17ClN2O2S. The minimum absolute atomic E-state index is 0.0184. The van der Waals surface area contributed by atoms with Crippen LogP contribution < -0.4 is 10.5 Å². The third-order valence-corrected chi connectivity index (χ3v) is 3.26. The van der Waals surface area contributed by atoms with E-state index in [1.54, 1.807) is 36.2 Å². The first kappa shape index (κ1) is 15.7. The summed E-state index contributed by atoms with van der Waals surface area (Å²) >= 11 is 10.7. The van der Waals surface area contributed by atoms with E-state index >= 15 is 0 Å². The zero-order valence-corrected chi connectivity index (χ0v) is 12.5. The molecule has 1 aromatic carbocycles. The molecule has 1 rings (SSSR count). The number of rotatable bonds is 6. The molecule has 1 unspecified atom stereocenters. The van der Waals surface area contributed by atoms with E-state index in [2.05, 4.69) is 0 Å². The van der Waals surface area contributed by atoms with Crippen LogP contribution in [0, 0.1) is 5.92 Å². The van der Waals surface area contributed by atoms with Gasteiger partial charge in [0.05, 0.1) is 4.99 Å². The van der Waals surface area contributed by atoms with Gasteiger partial charge in [0.25, 0.3) is 5.91 Å². The number of carbonyl (C=O) groups is 1. The van der Waals surface area contributed by atoms with Crippen LogP contribution in [0.4, 0.5) is 0 Å². The van der Waals surface area contributed by atoms with Crippen molar-refractivity contribution in [3.05, 3.63) is 29.3 Å². The lowest BCUT2D eigenvalue weighted by Crippen LogP contribution is -2.37. The van der Waals surface area contributed by atoms with E-state index in [0.717, 1.165) is 0 Å². The molecule has 0 spiro atoms. The molecule has 0 aliphatic heterocycles. The number of nitrogens with zero attached hydrogens (tertiary/aromatic N) is 1. The van der Waals surface area contributed by atoms with E-state index in [1.165, 1.54) is 0 Å². The van der Waals surface area contributed by atoms with Gasteiger partial charge in [0.15, 0.2) is 6.61 Å². The van der Waals surface area contributed by atoms with Gasteiger partial charge >= 0.3 is 0 Å². The number of ether oxygens (including phenoxy) is 1. The Balaban J connectivity index is 2.44. The van der Waals surface area contributed by atoms with Crippen LogP contribution in [0.5, 0.6) is 5.75 Å². The second-order valence-corrected chi connectivity index (χ2v) is 5.23.